The number of rotatable bonds is 8. The zero-order chi connectivity index (χ0) is 28.2. The van der Waals surface area contributed by atoms with E-state index in [-0.39, 0.29) is 17.0 Å². The quantitative estimate of drug-likeness (QED) is 0.107. The standard InChI is InChI=1S/C37H30Br2P2.BrH/c38-37(39,40(31-19-7-1-8-20-31,32-21-9-2-10-22-32)33-23-11-3-12-24-33)41(34-25-13-4-14-26-34,35-27-15-5-16-28-35)36-29-17-6-18-30-36;/h1-30H;1H/q+2;. The van der Waals surface area contributed by atoms with Gasteiger partial charge in [0.05, 0.1) is 0 Å². The first kappa shape index (κ1) is 31.1. The van der Waals surface area contributed by atoms with E-state index in [9.17, 15) is 0 Å². The average Bonchev–Trinajstić information content (AvgIpc) is 3.05. The van der Waals surface area contributed by atoms with Gasteiger partial charge in [-0.1, -0.05) is 109 Å². The lowest BCUT2D eigenvalue weighted by atomic mass is 10.4. The molecule has 0 fully saturated rings. The second-order valence-electron chi connectivity index (χ2n) is 9.86. The van der Waals surface area contributed by atoms with Crippen molar-refractivity contribution in [2.75, 3.05) is 0 Å². The van der Waals surface area contributed by atoms with E-state index in [1.165, 1.54) is 31.8 Å². The van der Waals surface area contributed by atoms with E-state index in [1.807, 2.05) is 0 Å². The Bertz CT molecular complexity index is 1360. The summed E-state index contributed by atoms with van der Waals surface area (Å²) in [5, 5.41) is 7.91. The molecule has 0 aliphatic heterocycles. The van der Waals surface area contributed by atoms with Gasteiger partial charge in [-0.2, -0.15) is 0 Å². The summed E-state index contributed by atoms with van der Waals surface area (Å²) in [6.45, 7) is 0. The zero-order valence-electron chi connectivity index (χ0n) is 22.9. The van der Waals surface area contributed by atoms with Crippen LogP contribution in [0.1, 0.15) is 0 Å². The Morgan fingerprint density at radius 2 is 0.429 bits per heavy atom. The number of hydrogen-bond donors (Lipinski definition) is 0. The first-order valence-electron chi connectivity index (χ1n) is 13.6. The van der Waals surface area contributed by atoms with Gasteiger partial charge in [0.15, 0.2) is 14.5 Å². The fourth-order valence-electron chi connectivity index (χ4n) is 5.96. The summed E-state index contributed by atoms with van der Waals surface area (Å²) >= 11 is 9.33. The molecule has 208 valence electrons. The minimum absolute atomic E-state index is 0. The third kappa shape index (κ3) is 5.08. The molecule has 0 amide bonds. The molecule has 0 aliphatic rings. The van der Waals surface area contributed by atoms with Crippen LogP contribution in [-0.2, 0) is 0 Å². The Morgan fingerprint density at radius 1 is 0.286 bits per heavy atom. The topological polar surface area (TPSA) is 0 Å². The van der Waals surface area contributed by atoms with Crippen molar-refractivity contribution in [1.82, 2.24) is 0 Å². The van der Waals surface area contributed by atoms with Gasteiger partial charge in [0.2, 0.25) is 0 Å². The van der Waals surface area contributed by atoms with Crippen LogP contribution in [0.3, 0.4) is 0 Å². The maximum atomic E-state index is 4.67. The first-order chi connectivity index (χ1) is 20.1. The van der Waals surface area contributed by atoms with Gasteiger partial charge in [-0.3, -0.25) is 0 Å². The Hall–Kier alpha value is -2.38. The summed E-state index contributed by atoms with van der Waals surface area (Å²) in [7, 11) is -4.98. The van der Waals surface area contributed by atoms with Crippen LogP contribution in [0.25, 0.3) is 0 Å². The van der Waals surface area contributed by atoms with E-state index < -0.39 is 17.2 Å². The van der Waals surface area contributed by atoms with E-state index >= 15 is 0 Å². The third-order valence-electron chi connectivity index (χ3n) is 7.67. The summed E-state index contributed by atoms with van der Waals surface area (Å²) in [5.41, 5.74) is 0. The van der Waals surface area contributed by atoms with Gasteiger partial charge in [0, 0.05) is 31.9 Å². The van der Waals surface area contributed by atoms with Crippen LogP contribution < -0.4 is 31.8 Å². The van der Waals surface area contributed by atoms with Crippen molar-refractivity contribution in [2.45, 2.75) is 2.72 Å². The summed E-state index contributed by atoms with van der Waals surface area (Å²) in [6.07, 6.45) is 0. The van der Waals surface area contributed by atoms with Crippen LogP contribution in [0.4, 0.5) is 0 Å². The maximum Gasteiger partial charge on any atom is 0.307 e. The molecular formula is C37H31Br3P2+2. The molecule has 0 aliphatic carbocycles. The molecule has 0 nitrogen and oxygen atoms in total. The smallest absolute Gasteiger partial charge is 0.114 e. The lowest BCUT2D eigenvalue weighted by Crippen LogP contribution is -2.49. The molecule has 0 aromatic heterocycles. The predicted octanol–water partition coefficient (Wildman–Crippen LogP) is 8.95. The van der Waals surface area contributed by atoms with Gasteiger partial charge >= 0.3 is 2.72 Å². The summed E-state index contributed by atoms with van der Waals surface area (Å²) < 4.78 is -0.603. The Balaban J connectivity index is 0.00000353. The Morgan fingerprint density at radius 3 is 0.571 bits per heavy atom. The minimum Gasteiger partial charge on any atom is -0.114 e. The van der Waals surface area contributed by atoms with Crippen molar-refractivity contribution in [3.8, 4) is 0 Å². The molecule has 6 aromatic carbocycles. The molecule has 0 radical (unpaired) electrons. The van der Waals surface area contributed by atoms with Gasteiger partial charge < -0.3 is 0 Å². The fourth-order valence-corrected chi connectivity index (χ4v) is 24.6. The summed E-state index contributed by atoms with van der Waals surface area (Å²) in [4.78, 5) is 0. The maximum absolute atomic E-state index is 4.67. The largest absolute Gasteiger partial charge is 0.307 e. The first-order valence-corrected chi connectivity index (χ1v) is 18.8. The fraction of sp³-hybridized carbons (Fsp3) is 0.0270. The summed E-state index contributed by atoms with van der Waals surface area (Å²) in [5.74, 6) is 0. The van der Waals surface area contributed by atoms with Crippen LogP contribution in [0.5, 0.6) is 0 Å². The molecule has 0 saturated heterocycles. The van der Waals surface area contributed by atoms with E-state index in [0.717, 1.165) is 0 Å². The number of benzene rings is 6. The normalized spacial score (nSPS) is 11.9. The second kappa shape index (κ2) is 13.5. The van der Waals surface area contributed by atoms with Gasteiger partial charge in [0.1, 0.15) is 31.8 Å². The van der Waals surface area contributed by atoms with Gasteiger partial charge in [-0.15, -0.1) is 17.0 Å². The molecule has 6 rings (SSSR count). The molecule has 0 heterocycles. The SMILES string of the molecule is Br.BrC(Br)([P+](c1ccccc1)(c1ccccc1)c1ccccc1)[P+](c1ccccc1)(c1ccccc1)c1ccccc1. The van der Waals surface area contributed by atoms with Crippen molar-refractivity contribution in [3.63, 3.8) is 0 Å². The van der Waals surface area contributed by atoms with Crippen molar-refractivity contribution in [2.24, 2.45) is 0 Å². The molecule has 0 spiro atoms. The van der Waals surface area contributed by atoms with Crippen molar-refractivity contribution < 1.29 is 0 Å². The highest BCUT2D eigenvalue weighted by atomic mass is 79.9. The highest BCUT2D eigenvalue weighted by Crippen LogP contribution is 2.88. The van der Waals surface area contributed by atoms with Gasteiger partial charge in [-0.05, 0) is 72.8 Å². The lowest BCUT2D eigenvalue weighted by molar-refractivity contribution is 1.64. The molecule has 5 heteroatoms. The van der Waals surface area contributed by atoms with E-state index in [4.69, 9.17) is 0 Å². The van der Waals surface area contributed by atoms with Crippen LogP contribution >= 0.6 is 63.4 Å². The monoisotopic (exact) mass is 774 g/mol. The van der Waals surface area contributed by atoms with E-state index in [1.54, 1.807) is 0 Å². The van der Waals surface area contributed by atoms with Gasteiger partial charge in [0.25, 0.3) is 0 Å². The average molecular weight is 777 g/mol. The van der Waals surface area contributed by atoms with Crippen molar-refractivity contribution >= 4 is 95.2 Å². The van der Waals surface area contributed by atoms with Crippen LogP contribution in [0.2, 0.25) is 0 Å². The Labute approximate surface area is 277 Å². The van der Waals surface area contributed by atoms with E-state index in [2.05, 4.69) is 214 Å². The number of alkyl halides is 2. The molecule has 42 heavy (non-hydrogen) atoms. The zero-order valence-corrected chi connectivity index (χ0v) is 29.6. The number of halogens is 3. The van der Waals surface area contributed by atoms with Crippen molar-refractivity contribution in [3.05, 3.63) is 182 Å². The molecular weight excluding hydrogens is 746 g/mol. The molecule has 0 atom stereocenters. The van der Waals surface area contributed by atoms with Crippen LogP contribution in [-0.4, -0.2) is 2.72 Å². The summed E-state index contributed by atoms with van der Waals surface area (Å²) in [6, 6.07) is 66.7. The molecule has 6 aromatic rings. The second-order valence-corrected chi connectivity index (χ2v) is 23.2. The van der Waals surface area contributed by atoms with E-state index in [0.29, 0.717) is 0 Å². The van der Waals surface area contributed by atoms with Crippen molar-refractivity contribution in [1.29, 1.82) is 0 Å². The molecule has 0 bridgehead atoms. The Kier molecular flexibility index (Phi) is 9.99. The molecule has 0 saturated carbocycles. The number of hydrogen-bond acceptors (Lipinski definition) is 0. The molecule has 0 unspecified atom stereocenters. The van der Waals surface area contributed by atoms with Crippen LogP contribution in [0.15, 0.2) is 182 Å². The highest BCUT2D eigenvalue weighted by molar-refractivity contribution is 9.30. The lowest BCUT2D eigenvalue weighted by Gasteiger charge is -2.44. The minimum atomic E-state index is -2.49. The predicted molar refractivity (Wildman–Crippen MR) is 201 cm³/mol. The van der Waals surface area contributed by atoms with Gasteiger partial charge in [-0.25, -0.2) is 0 Å². The highest BCUT2D eigenvalue weighted by Gasteiger charge is 2.77. The van der Waals surface area contributed by atoms with Crippen LogP contribution in [0, 0.1) is 0 Å². The molecule has 0 N–H and O–H groups in total. The third-order valence-corrected chi connectivity index (χ3v) is 23.9.